The second-order valence-electron chi connectivity index (χ2n) is 4.95. The van der Waals surface area contributed by atoms with E-state index in [1.807, 2.05) is 0 Å². The molecular formula is C16H22O8. The van der Waals surface area contributed by atoms with Crippen molar-refractivity contribution in [3.63, 3.8) is 0 Å². The van der Waals surface area contributed by atoms with Crippen molar-refractivity contribution in [3.05, 3.63) is 35.4 Å². The number of carbonyl (C=O) groups is 2. The minimum atomic E-state index is -1.80. The molecule has 0 aliphatic heterocycles. The van der Waals surface area contributed by atoms with Crippen LogP contribution in [0.2, 0.25) is 0 Å². The zero-order chi connectivity index (χ0) is 18.3. The van der Waals surface area contributed by atoms with Crippen LogP contribution >= 0.6 is 0 Å². The number of ether oxygens (including phenoxy) is 2. The summed E-state index contributed by atoms with van der Waals surface area (Å²) in [6, 6.07) is 5.53. The molecule has 0 aliphatic rings. The number of rotatable bonds is 8. The van der Waals surface area contributed by atoms with Crippen molar-refractivity contribution < 1.29 is 39.5 Å². The van der Waals surface area contributed by atoms with Gasteiger partial charge in [-0.1, -0.05) is 24.3 Å². The van der Waals surface area contributed by atoms with Gasteiger partial charge >= 0.3 is 11.9 Å². The first-order valence-electron chi connectivity index (χ1n) is 7.48. The van der Waals surface area contributed by atoms with E-state index >= 15 is 0 Å². The van der Waals surface area contributed by atoms with Gasteiger partial charge < -0.3 is 29.9 Å². The Morgan fingerprint density at radius 3 is 1.58 bits per heavy atom. The zero-order valence-corrected chi connectivity index (χ0v) is 13.5. The zero-order valence-electron chi connectivity index (χ0n) is 13.5. The molecule has 0 bridgehead atoms. The Morgan fingerprint density at radius 2 is 1.25 bits per heavy atom. The van der Waals surface area contributed by atoms with E-state index in [2.05, 4.69) is 9.47 Å². The highest BCUT2D eigenvalue weighted by Crippen LogP contribution is 2.24. The van der Waals surface area contributed by atoms with Gasteiger partial charge in [0.1, 0.15) is 12.2 Å². The van der Waals surface area contributed by atoms with Gasteiger partial charge in [-0.25, -0.2) is 9.59 Å². The summed E-state index contributed by atoms with van der Waals surface area (Å²) in [5, 5.41) is 39.6. The summed E-state index contributed by atoms with van der Waals surface area (Å²) in [6.07, 6.45) is -6.77. The second kappa shape index (κ2) is 9.33. The van der Waals surface area contributed by atoms with E-state index in [0.29, 0.717) is 0 Å². The summed E-state index contributed by atoms with van der Waals surface area (Å²) >= 11 is 0. The predicted octanol–water partition coefficient (Wildman–Crippen LogP) is -0.399. The smallest absolute Gasteiger partial charge is 0.338 e. The van der Waals surface area contributed by atoms with Gasteiger partial charge in [-0.05, 0) is 25.0 Å². The van der Waals surface area contributed by atoms with Crippen molar-refractivity contribution in [2.75, 3.05) is 13.2 Å². The molecule has 4 atom stereocenters. The fourth-order valence-electron chi connectivity index (χ4n) is 2.00. The molecule has 0 radical (unpaired) electrons. The molecule has 8 nitrogen and oxygen atoms in total. The third-order valence-electron chi connectivity index (χ3n) is 3.25. The number of esters is 2. The van der Waals surface area contributed by atoms with E-state index in [1.165, 1.54) is 24.3 Å². The fraction of sp³-hybridized carbons (Fsp3) is 0.500. The molecule has 1 aromatic rings. The van der Waals surface area contributed by atoms with Gasteiger partial charge in [0.25, 0.3) is 0 Å². The maximum absolute atomic E-state index is 11.5. The Kier molecular flexibility index (Phi) is 7.80. The summed E-state index contributed by atoms with van der Waals surface area (Å²) in [5.74, 6) is -1.97. The van der Waals surface area contributed by atoms with Crippen LogP contribution in [0.5, 0.6) is 0 Å². The van der Waals surface area contributed by atoms with Crippen LogP contribution in [0, 0.1) is 0 Å². The van der Waals surface area contributed by atoms with Crippen molar-refractivity contribution >= 4 is 11.9 Å². The summed E-state index contributed by atoms with van der Waals surface area (Å²) < 4.78 is 9.24. The van der Waals surface area contributed by atoms with Crippen LogP contribution in [0.15, 0.2) is 24.3 Å². The highest BCUT2D eigenvalue weighted by Gasteiger charge is 2.30. The Labute approximate surface area is 139 Å². The average molecular weight is 342 g/mol. The topological polar surface area (TPSA) is 134 Å². The van der Waals surface area contributed by atoms with Gasteiger partial charge in [0.05, 0.1) is 13.2 Å². The molecule has 0 saturated heterocycles. The van der Waals surface area contributed by atoms with Gasteiger partial charge in [0, 0.05) is 0 Å². The van der Waals surface area contributed by atoms with Crippen molar-refractivity contribution in [3.8, 4) is 0 Å². The minimum absolute atomic E-state index is 0.0487. The molecule has 0 heterocycles. The quantitative estimate of drug-likeness (QED) is 0.469. The number of hydrogen-bond donors (Lipinski definition) is 4. The molecule has 0 aliphatic carbocycles. The lowest BCUT2D eigenvalue weighted by molar-refractivity contribution is -0.160. The van der Waals surface area contributed by atoms with Crippen LogP contribution in [0.25, 0.3) is 0 Å². The van der Waals surface area contributed by atoms with Gasteiger partial charge in [-0.15, -0.1) is 0 Å². The molecule has 134 valence electrons. The van der Waals surface area contributed by atoms with E-state index in [1.54, 1.807) is 13.8 Å². The molecule has 8 heteroatoms. The van der Waals surface area contributed by atoms with Crippen LogP contribution in [-0.4, -0.2) is 57.8 Å². The monoisotopic (exact) mass is 342 g/mol. The van der Waals surface area contributed by atoms with E-state index < -0.39 is 36.4 Å². The molecule has 0 unspecified atom stereocenters. The first-order chi connectivity index (χ1) is 11.3. The summed E-state index contributed by atoms with van der Waals surface area (Å²) in [4.78, 5) is 22.9. The normalized spacial score (nSPS) is 15.9. The van der Waals surface area contributed by atoms with Crippen molar-refractivity contribution in [1.29, 1.82) is 0 Å². The molecular weight excluding hydrogens is 320 g/mol. The molecule has 0 aromatic heterocycles. The number of benzene rings is 1. The molecule has 24 heavy (non-hydrogen) atoms. The van der Waals surface area contributed by atoms with E-state index in [4.69, 9.17) is 0 Å². The third-order valence-corrected chi connectivity index (χ3v) is 3.25. The summed E-state index contributed by atoms with van der Waals surface area (Å²) in [6.45, 7) is 3.22. The maximum atomic E-state index is 11.5. The number of aliphatic hydroxyl groups is 4. The molecule has 1 aromatic carbocycles. The van der Waals surface area contributed by atoms with Gasteiger partial charge in [-0.2, -0.15) is 0 Å². The molecule has 0 amide bonds. The van der Waals surface area contributed by atoms with Crippen LogP contribution < -0.4 is 0 Å². The lowest BCUT2D eigenvalue weighted by atomic mass is 9.97. The minimum Gasteiger partial charge on any atom is -0.464 e. The third kappa shape index (κ3) is 5.00. The largest absolute Gasteiger partial charge is 0.464 e. The Morgan fingerprint density at radius 1 is 0.875 bits per heavy atom. The SMILES string of the molecule is CCOC(=O)[C@H](O)[C@@H](O)c1cccc([C@H](O)[C@@H](O)C(=O)OCC)c1. The van der Waals surface area contributed by atoms with Gasteiger partial charge in [0.2, 0.25) is 0 Å². The Balaban J connectivity index is 2.93. The highest BCUT2D eigenvalue weighted by molar-refractivity contribution is 5.76. The van der Waals surface area contributed by atoms with Crippen LogP contribution in [0.4, 0.5) is 0 Å². The van der Waals surface area contributed by atoms with Crippen molar-refractivity contribution in [2.45, 2.75) is 38.3 Å². The van der Waals surface area contributed by atoms with Gasteiger partial charge in [0.15, 0.2) is 12.2 Å². The van der Waals surface area contributed by atoms with Crippen LogP contribution in [-0.2, 0) is 19.1 Å². The predicted molar refractivity (Wildman–Crippen MR) is 81.6 cm³/mol. The molecule has 4 N–H and O–H groups in total. The second-order valence-corrected chi connectivity index (χ2v) is 4.95. The Bertz CT molecular complexity index is 514. The first kappa shape index (κ1) is 20.0. The lowest BCUT2D eigenvalue weighted by Gasteiger charge is -2.20. The van der Waals surface area contributed by atoms with Gasteiger partial charge in [-0.3, -0.25) is 0 Å². The molecule has 0 saturated carbocycles. The fourth-order valence-corrected chi connectivity index (χ4v) is 2.00. The number of aliphatic hydroxyl groups excluding tert-OH is 4. The molecule has 0 spiro atoms. The Hall–Kier alpha value is -2.00. The standard InChI is InChI=1S/C16H22O8/c1-3-23-15(21)13(19)11(17)9-6-5-7-10(8-9)12(18)14(20)16(22)24-4-2/h5-8,11-14,17-20H,3-4H2,1-2H3/t11-,12-,13+,14+/m0/s1. The van der Waals surface area contributed by atoms with Crippen LogP contribution in [0.3, 0.4) is 0 Å². The van der Waals surface area contributed by atoms with Crippen molar-refractivity contribution in [1.82, 2.24) is 0 Å². The summed E-state index contributed by atoms with van der Waals surface area (Å²) in [7, 11) is 0. The molecule has 0 fully saturated rings. The average Bonchev–Trinajstić information content (AvgIpc) is 2.59. The van der Waals surface area contributed by atoms with E-state index in [-0.39, 0.29) is 24.3 Å². The van der Waals surface area contributed by atoms with E-state index in [9.17, 15) is 30.0 Å². The van der Waals surface area contributed by atoms with E-state index in [0.717, 1.165) is 0 Å². The maximum Gasteiger partial charge on any atom is 0.338 e. The van der Waals surface area contributed by atoms with Crippen molar-refractivity contribution in [2.24, 2.45) is 0 Å². The first-order valence-corrected chi connectivity index (χ1v) is 7.48. The lowest BCUT2D eigenvalue weighted by Crippen LogP contribution is -2.31. The highest BCUT2D eigenvalue weighted by atomic mass is 16.6. The van der Waals surface area contributed by atoms with Crippen LogP contribution in [0.1, 0.15) is 37.2 Å². The number of carbonyl (C=O) groups excluding carboxylic acids is 2. The number of hydrogen-bond acceptors (Lipinski definition) is 8. The molecule has 1 rings (SSSR count). The summed E-state index contributed by atoms with van der Waals surface area (Å²) in [5.41, 5.74) is 0.228.